The number of aryl methyl sites for hydroxylation is 1. The fraction of sp³-hybridized carbons (Fsp3) is 0.308. The summed E-state index contributed by atoms with van der Waals surface area (Å²) < 4.78 is 13.9. The Morgan fingerprint density at radius 2 is 2.11 bits per heavy atom. The Bertz CT molecular complexity index is 596. The second-order valence-electron chi connectivity index (χ2n) is 4.73. The molecule has 1 aromatic heterocycles. The molecule has 94 valence electrons. The van der Waals surface area contributed by atoms with Crippen molar-refractivity contribution < 1.29 is 4.39 Å². The molecule has 0 saturated carbocycles. The van der Waals surface area contributed by atoms with E-state index >= 15 is 0 Å². The van der Waals surface area contributed by atoms with E-state index in [4.69, 9.17) is 11.5 Å². The predicted molar refractivity (Wildman–Crippen MR) is 70.8 cm³/mol. The first-order chi connectivity index (χ1) is 8.58. The highest BCUT2D eigenvalue weighted by Crippen LogP contribution is 2.38. The van der Waals surface area contributed by atoms with Crippen LogP contribution in [0.2, 0.25) is 0 Å². The first-order valence-corrected chi connectivity index (χ1v) is 6.68. The van der Waals surface area contributed by atoms with Crippen molar-refractivity contribution in [1.82, 2.24) is 4.98 Å². The van der Waals surface area contributed by atoms with Gasteiger partial charge in [0.1, 0.15) is 5.82 Å². The van der Waals surface area contributed by atoms with Gasteiger partial charge in [0.15, 0.2) is 5.13 Å². The molecule has 5 heteroatoms. The number of anilines is 1. The summed E-state index contributed by atoms with van der Waals surface area (Å²) >= 11 is 1.46. The van der Waals surface area contributed by atoms with Crippen LogP contribution in [0.15, 0.2) is 24.3 Å². The number of halogens is 1. The van der Waals surface area contributed by atoms with Crippen LogP contribution in [0.5, 0.6) is 0 Å². The van der Waals surface area contributed by atoms with Crippen molar-refractivity contribution in [3.63, 3.8) is 0 Å². The number of hydrogen-bond acceptors (Lipinski definition) is 4. The van der Waals surface area contributed by atoms with Crippen molar-refractivity contribution in [2.24, 2.45) is 5.73 Å². The van der Waals surface area contributed by atoms with Crippen LogP contribution in [0.4, 0.5) is 9.52 Å². The second-order valence-corrected chi connectivity index (χ2v) is 5.85. The molecule has 1 aliphatic carbocycles. The molecule has 3 nitrogen and oxygen atoms in total. The summed E-state index contributed by atoms with van der Waals surface area (Å²) in [6, 6.07) is 6.73. The number of benzene rings is 1. The molecule has 1 aliphatic rings. The van der Waals surface area contributed by atoms with E-state index in [-0.39, 0.29) is 5.82 Å². The maximum Gasteiger partial charge on any atom is 0.180 e. The summed E-state index contributed by atoms with van der Waals surface area (Å²) in [5, 5.41) is 0.567. The zero-order chi connectivity index (χ0) is 12.8. The van der Waals surface area contributed by atoms with Crippen LogP contribution in [0, 0.1) is 5.82 Å². The van der Waals surface area contributed by atoms with Crippen molar-refractivity contribution >= 4 is 16.5 Å². The van der Waals surface area contributed by atoms with Crippen molar-refractivity contribution in [2.75, 3.05) is 5.73 Å². The molecular weight excluding hydrogens is 249 g/mol. The van der Waals surface area contributed by atoms with Crippen molar-refractivity contribution in [1.29, 1.82) is 0 Å². The molecule has 1 unspecified atom stereocenters. The summed E-state index contributed by atoms with van der Waals surface area (Å²) in [4.78, 5) is 5.37. The number of nitrogens with zero attached hydrogens (tertiary/aromatic N) is 1. The van der Waals surface area contributed by atoms with Gasteiger partial charge < -0.3 is 11.5 Å². The number of thiazole rings is 1. The molecule has 0 radical (unpaired) electrons. The van der Waals surface area contributed by atoms with Gasteiger partial charge in [-0.25, -0.2) is 9.37 Å². The molecule has 0 aliphatic heterocycles. The summed E-state index contributed by atoms with van der Waals surface area (Å²) in [6.07, 6.45) is 2.07. The van der Waals surface area contributed by atoms with Gasteiger partial charge in [-0.2, -0.15) is 0 Å². The quantitative estimate of drug-likeness (QED) is 0.829. The molecule has 3 rings (SSSR count). The lowest BCUT2D eigenvalue weighted by Crippen LogP contribution is -2.42. The van der Waals surface area contributed by atoms with Gasteiger partial charge in [-0.3, -0.25) is 0 Å². The number of hydrogen-bond donors (Lipinski definition) is 2. The monoisotopic (exact) mass is 263 g/mol. The molecule has 1 heterocycles. The van der Waals surface area contributed by atoms with Crippen molar-refractivity contribution in [2.45, 2.75) is 24.8 Å². The Balaban J connectivity index is 2.01. The van der Waals surface area contributed by atoms with Crippen LogP contribution in [0.1, 0.15) is 22.6 Å². The SMILES string of the molecule is Nc1nc2c(s1)CC(N)(c1ccccc1F)CC2. The molecular formula is C13H14FN3S. The lowest BCUT2D eigenvalue weighted by Gasteiger charge is -2.33. The third-order valence-corrected chi connectivity index (χ3v) is 4.42. The van der Waals surface area contributed by atoms with E-state index in [1.807, 2.05) is 6.07 Å². The maximum absolute atomic E-state index is 13.9. The third-order valence-electron chi connectivity index (χ3n) is 3.49. The van der Waals surface area contributed by atoms with Gasteiger partial charge in [0.2, 0.25) is 0 Å². The molecule has 0 fully saturated rings. The van der Waals surface area contributed by atoms with E-state index in [2.05, 4.69) is 4.98 Å². The average Bonchev–Trinajstić information content (AvgIpc) is 2.68. The summed E-state index contributed by atoms with van der Waals surface area (Å²) in [5.74, 6) is -0.235. The first-order valence-electron chi connectivity index (χ1n) is 5.86. The average molecular weight is 263 g/mol. The summed E-state index contributed by atoms with van der Waals surface area (Å²) in [5.41, 5.74) is 13.1. The summed E-state index contributed by atoms with van der Waals surface area (Å²) in [6.45, 7) is 0. The van der Waals surface area contributed by atoms with E-state index < -0.39 is 5.54 Å². The van der Waals surface area contributed by atoms with Crippen LogP contribution in [-0.4, -0.2) is 4.98 Å². The smallest absolute Gasteiger partial charge is 0.180 e. The lowest BCUT2D eigenvalue weighted by atomic mass is 9.78. The number of aromatic nitrogens is 1. The van der Waals surface area contributed by atoms with E-state index in [1.165, 1.54) is 17.4 Å². The highest BCUT2D eigenvalue weighted by Gasteiger charge is 2.35. The predicted octanol–water partition coefficient (Wildman–Crippen LogP) is 2.21. The van der Waals surface area contributed by atoms with E-state index in [9.17, 15) is 4.39 Å². The molecule has 4 N–H and O–H groups in total. The Morgan fingerprint density at radius 3 is 2.89 bits per heavy atom. The molecule has 18 heavy (non-hydrogen) atoms. The highest BCUT2D eigenvalue weighted by molar-refractivity contribution is 7.15. The fourth-order valence-electron chi connectivity index (χ4n) is 2.55. The standard InChI is InChI=1S/C13H14FN3S/c14-9-4-2-1-3-8(9)13(16)6-5-10-11(7-13)18-12(15)17-10/h1-4H,5-7,16H2,(H2,15,17). The van der Waals surface area contributed by atoms with Crippen LogP contribution in [-0.2, 0) is 18.4 Å². The number of rotatable bonds is 1. The van der Waals surface area contributed by atoms with Gasteiger partial charge in [-0.05, 0) is 18.9 Å². The fourth-order valence-corrected chi connectivity index (χ4v) is 3.55. The molecule has 1 atom stereocenters. The lowest BCUT2D eigenvalue weighted by molar-refractivity contribution is 0.369. The van der Waals surface area contributed by atoms with Crippen LogP contribution < -0.4 is 11.5 Å². The third kappa shape index (κ3) is 1.79. The minimum atomic E-state index is -0.642. The zero-order valence-electron chi connectivity index (χ0n) is 9.82. The summed E-state index contributed by atoms with van der Waals surface area (Å²) in [7, 11) is 0. The van der Waals surface area contributed by atoms with E-state index in [0.29, 0.717) is 23.5 Å². The number of nitrogens with two attached hydrogens (primary N) is 2. The van der Waals surface area contributed by atoms with Crippen LogP contribution in [0.3, 0.4) is 0 Å². The topological polar surface area (TPSA) is 64.9 Å². The molecule has 0 spiro atoms. The minimum absolute atomic E-state index is 0.235. The van der Waals surface area contributed by atoms with E-state index in [1.54, 1.807) is 12.1 Å². The second kappa shape index (κ2) is 4.03. The first kappa shape index (κ1) is 11.6. The molecule has 2 aromatic rings. The normalized spacial score (nSPS) is 22.8. The van der Waals surface area contributed by atoms with Gasteiger partial charge >= 0.3 is 0 Å². The molecule has 0 bridgehead atoms. The zero-order valence-corrected chi connectivity index (χ0v) is 10.6. The van der Waals surface area contributed by atoms with Crippen LogP contribution >= 0.6 is 11.3 Å². The number of fused-ring (bicyclic) bond motifs is 1. The van der Waals surface area contributed by atoms with Gasteiger partial charge in [-0.1, -0.05) is 18.2 Å². The van der Waals surface area contributed by atoms with Crippen LogP contribution in [0.25, 0.3) is 0 Å². The Labute approximate surface area is 109 Å². The maximum atomic E-state index is 13.9. The highest BCUT2D eigenvalue weighted by atomic mass is 32.1. The Morgan fingerprint density at radius 1 is 1.33 bits per heavy atom. The van der Waals surface area contributed by atoms with Gasteiger partial charge in [-0.15, -0.1) is 11.3 Å². The Kier molecular flexibility index (Phi) is 2.60. The number of nitrogen functional groups attached to an aromatic ring is 1. The molecule has 0 saturated heterocycles. The molecule has 1 aromatic carbocycles. The van der Waals surface area contributed by atoms with Gasteiger partial charge in [0.25, 0.3) is 0 Å². The van der Waals surface area contributed by atoms with E-state index in [0.717, 1.165) is 17.0 Å². The largest absolute Gasteiger partial charge is 0.375 e. The van der Waals surface area contributed by atoms with Gasteiger partial charge in [0.05, 0.1) is 5.69 Å². The van der Waals surface area contributed by atoms with Crippen molar-refractivity contribution in [3.05, 3.63) is 46.2 Å². The minimum Gasteiger partial charge on any atom is -0.375 e. The van der Waals surface area contributed by atoms with Crippen molar-refractivity contribution in [3.8, 4) is 0 Å². The Hall–Kier alpha value is -1.46. The molecule has 0 amide bonds. The van der Waals surface area contributed by atoms with Gasteiger partial charge in [0, 0.05) is 22.4 Å².